The van der Waals surface area contributed by atoms with Crippen LogP contribution in [-0.2, 0) is 15.3 Å². The second-order valence-electron chi connectivity index (χ2n) is 9.17. The number of pyridine rings is 1. The van der Waals surface area contributed by atoms with Gasteiger partial charge in [-0.1, -0.05) is 0 Å². The van der Waals surface area contributed by atoms with Gasteiger partial charge in [0, 0.05) is 36.3 Å². The Morgan fingerprint density at radius 2 is 2.06 bits per heavy atom. The fraction of sp³-hybridized carbons (Fsp3) is 0.333. The molecule has 0 bridgehead atoms. The number of carbonyl (C=O) groups excluding carboxylic acids is 1. The number of benzene rings is 1. The van der Waals surface area contributed by atoms with Gasteiger partial charge >= 0.3 is 5.76 Å². The summed E-state index contributed by atoms with van der Waals surface area (Å²) in [5, 5.41) is 6.52. The van der Waals surface area contributed by atoms with Gasteiger partial charge in [0.2, 0.25) is 5.79 Å². The molecule has 1 unspecified atom stereocenters. The number of aliphatic imine (C=N–C) groups is 1. The van der Waals surface area contributed by atoms with E-state index < -0.39 is 17.1 Å². The molecule has 2 aliphatic heterocycles. The fourth-order valence-corrected chi connectivity index (χ4v) is 4.09. The third-order valence-electron chi connectivity index (χ3n) is 6.03. The average molecular weight is 494 g/mol. The van der Waals surface area contributed by atoms with Crippen LogP contribution < -0.4 is 31.8 Å². The first kappa shape index (κ1) is 23.6. The number of oxazole rings is 1. The molecule has 0 radical (unpaired) electrons. The van der Waals surface area contributed by atoms with Crippen molar-refractivity contribution in [1.82, 2.24) is 15.3 Å². The molecule has 12 heteroatoms. The quantitative estimate of drug-likeness (QED) is 0.401. The summed E-state index contributed by atoms with van der Waals surface area (Å²) in [7, 11) is 1.58. The lowest BCUT2D eigenvalue weighted by Crippen LogP contribution is -2.54. The smallest absolute Gasteiger partial charge is 0.417 e. The number of nitrogens with one attached hydrogen (secondary N) is 3. The van der Waals surface area contributed by atoms with Gasteiger partial charge in [0.05, 0.1) is 18.7 Å². The summed E-state index contributed by atoms with van der Waals surface area (Å²) < 4.78 is 16.2. The van der Waals surface area contributed by atoms with Gasteiger partial charge in [-0.15, -0.1) is 0 Å². The van der Waals surface area contributed by atoms with E-state index in [9.17, 15) is 9.59 Å². The summed E-state index contributed by atoms with van der Waals surface area (Å²) in [6.45, 7) is 5.99. The number of hydrogen-bond donors (Lipinski definition) is 4. The van der Waals surface area contributed by atoms with E-state index in [-0.39, 0.29) is 5.91 Å². The van der Waals surface area contributed by atoms with Crippen LogP contribution in [0.25, 0.3) is 11.1 Å². The Hall–Kier alpha value is -4.16. The van der Waals surface area contributed by atoms with Crippen LogP contribution in [0.2, 0.25) is 0 Å². The predicted molar refractivity (Wildman–Crippen MR) is 134 cm³/mol. The molecule has 5 rings (SSSR count). The second-order valence-corrected chi connectivity index (χ2v) is 9.17. The number of ether oxygens (including phenoxy) is 2. The Bertz CT molecular complexity index is 1470. The number of hydrogen-bond acceptors (Lipinski definition) is 10. The molecule has 0 saturated heterocycles. The number of nitrogens with zero attached hydrogens (tertiary/aromatic N) is 3. The van der Waals surface area contributed by atoms with Gasteiger partial charge in [-0.2, -0.15) is 0 Å². The monoisotopic (exact) mass is 493 g/mol. The Kier molecular flexibility index (Phi) is 5.57. The molecule has 188 valence electrons. The number of fused-ring (bicyclic) bond motifs is 2. The zero-order valence-electron chi connectivity index (χ0n) is 20.3. The maximum atomic E-state index is 12.9. The van der Waals surface area contributed by atoms with Gasteiger partial charge in [0.25, 0.3) is 5.91 Å². The standard InChI is InChI=1S/C24H27N7O5/c1-13-11-27-24(25,30-19(13)28-15-5-6-17-16(10-15)29-22(33)35-17)14-9-18-20(26-12-14)31(7-8-34-4)21(32)23(2,3)36-18/h5-6,9-12,28,30H,7-8,25H2,1-4H3,(H,29,33). The fourth-order valence-electron chi connectivity index (χ4n) is 4.09. The van der Waals surface area contributed by atoms with Gasteiger partial charge in [-0.05, 0) is 45.0 Å². The lowest BCUT2D eigenvalue weighted by Gasteiger charge is -2.39. The highest BCUT2D eigenvalue weighted by atomic mass is 16.5. The topological polar surface area (TPSA) is 160 Å². The molecular formula is C24H27N7O5. The van der Waals surface area contributed by atoms with E-state index in [1.807, 2.05) is 6.92 Å². The first-order chi connectivity index (χ1) is 17.1. The van der Waals surface area contributed by atoms with Crippen LogP contribution in [0, 0.1) is 0 Å². The summed E-state index contributed by atoms with van der Waals surface area (Å²) in [6, 6.07) is 6.98. The maximum absolute atomic E-state index is 12.9. The summed E-state index contributed by atoms with van der Waals surface area (Å²) >= 11 is 0. The largest absolute Gasteiger partial charge is 0.474 e. The molecule has 2 aliphatic rings. The zero-order valence-corrected chi connectivity index (χ0v) is 20.3. The molecule has 0 saturated carbocycles. The molecule has 1 atom stereocenters. The van der Waals surface area contributed by atoms with Crippen LogP contribution in [0.5, 0.6) is 5.75 Å². The molecule has 5 N–H and O–H groups in total. The van der Waals surface area contributed by atoms with E-state index in [0.29, 0.717) is 52.9 Å². The van der Waals surface area contributed by atoms with Crippen LogP contribution in [-0.4, -0.2) is 48.0 Å². The third-order valence-corrected chi connectivity index (χ3v) is 6.03. The van der Waals surface area contributed by atoms with Gasteiger partial charge in [-0.25, -0.2) is 14.8 Å². The highest BCUT2D eigenvalue weighted by Gasteiger charge is 2.42. The minimum Gasteiger partial charge on any atom is -0.474 e. The Morgan fingerprint density at radius 3 is 2.83 bits per heavy atom. The molecule has 0 aliphatic carbocycles. The van der Waals surface area contributed by atoms with Crippen molar-refractivity contribution in [3.63, 3.8) is 0 Å². The molecule has 4 heterocycles. The number of H-pyrrole nitrogens is 1. The van der Waals surface area contributed by atoms with Gasteiger partial charge in [-0.3, -0.25) is 20.4 Å². The number of carbonyl (C=O) groups is 1. The molecule has 1 aromatic carbocycles. The van der Waals surface area contributed by atoms with Crippen molar-refractivity contribution in [2.75, 3.05) is 30.5 Å². The van der Waals surface area contributed by atoms with Gasteiger partial charge in [0.1, 0.15) is 5.82 Å². The van der Waals surface area contributed by atoms with E-state index in [1.165, 1.54) is 0 Å². The van der Waals surface area contributed by atoms with Crippen molar-refractivity contribution in [2.45, 2.75) is 32.2 Å². The van der Waals surface area contributed by atoms with Crippen LogP contribution in [0.4, 0.5) is 11.5 Å². The third kappa shape index (κ3) is 4.10. The molecular weight excluding hydrogens is 466 g/mol. The normalized spacial score (nSPS) is 20.8. The summed E-state index contributed by atoms with van der Waals surface area (Å²) in [5.41, 5.74) is 8.69. The number of rotatable bonds is 6. The minimum atomic E-state index is -1.36. The zero-order chi connectivity index (χ0) is 25.7. The summed E-state index contributed by atoms with van der Waals surface area (Å²) in [4.78, 5) is 37.6. The molecule has 3 aromatic rings. The highest BCUT2D eigenvalue weighted by Crippen LogP contribution is 2.38. The number of aromatic nitrogens is 2. The first-order valence-electron chi connectivity index (χ1n) is 11.3. The maximum Gasteiger partial charge on any atom is 0.417 e. The Labute approximate surface area is 206 Å². The molecule has 36 heavy (non-hydrogen) atoms. The number of amides is 1. The predicted octanol–water partition coefficient (Wildman–Crippen LogP) is 1.75. The molecule has 2 aromatic heterocycles. The van der Waals surface area contributed by atoms with Crippen molar-refractivity contribution >= 4 is 34.7 Å². The van der Waals surface area contributed by atoms with Crippen LogP contribution in [0.15, 0.2) is 56.1 Å². The van der Waals surface area contributed by atoms with Crippen molar-refractivity contribution < 1.29 is 18.7 Å². The highest BCUT2D eigenvalue weighted by molar-refractivity contribution is 6.01. The average Bonchev–Trinajstić information content (AvgIpc) is 3.20. The van der Waals surface area contributed by atoms with Crippen molar-refractivity contribution in [2.24, 2.45) is 10.7 Å². The van der Waals surface area contributed by atoms with Crippen LogP contribution >= 0.6 is 0 Å². The number of nitrogens with two attached hydrogens (primary N) is 1. The first-order valence-corrected chi connectivity index (χ1v) is 11.3. The SMILES string of the molecule is COCCN1C(=O)C(C)(C)Oc2cc(C3(N)N=CC(C)=C(Nc4ccc5oc(=O)[nH]c5c4)N3)cnc21. The van der Waals surface area contributed by atoms with Crippen molar-refractivity contribution in [3.8, 4) is 5.75 Å². The van der Waals surface area contributed by atoms with E-state index in [0.717, 1.165) is 5.57 Å². The molecule has 1 amide bonds. The lowest BCUT2D eigenvalue weighted by molar-refractivity contribution is -0.133. The van der Waals surface area contributed by atoms with Gasteiger partial charge < -0.3 is 24.5 Å². The Morgan fingerprint density at radius 1 is 1.25 bits per heavy atom. The van der Waals surface area contributed by atoms with E-state index in [4.69, 9.17) is 19.6 Å². The number of allylic oxidation sites excluding steroid dienone is 1. The molecule has 0 fully saturated rings. The molecule has 12 nitrogen and oxygen atoms in total. The van der Waals surface area contributed by atoms with E-state index in [2.05, 4.69) is 25.6 Å². The number of aromatic amines is 1. The summed E-state index contributed by atoms with van der Waals surface area (Å²) in [5.74, 6) is -0.641. The van der Waals surface area contributed by atoms with Crippen molar-refractivity contribution in [1.29, 1.82) is 0 Å². The van der Waals surface area contributed by atoms with Crippen LogP contribution in [0.3, 0.4) is 0 Å². The lowest BCUT2D eigenvalue weighted by atomic mass is 10.0. The number of anilines is 2. The van der Waals surface area contributed by atoms with E-state index in [1.54, 1.807) is 62.5 Å². The van der Waals surface area contributed by atoms with E-state index >= 15 is 0 Å². The van der Waals surface area contributed by atoms with Crippen LogP contribution in [0.1, 0.15) is 26.3 Å². The minimum absolute atomic E-state index is 0.204. The van der Waals surface area contributed by atoms with Crippen molar-refractivity contribution in [3.05, 3.63) is 58.0 Å². The van der Waals surface area contributed by atoms with Gasteiger partial charge in [0.15, 0.2) is 22.8 Å². The molecule has 0 spiro atoms. The Balaban J connectivity index is 1.44. The summed E-state index contributed by atoms with van der Waals surface area (Å²) in [6.07, 6.45) is 3.23. The number of methoxy groups -OCH3 is 1. The second kappa shape index (κ2) is 8.50.